The number of fused-ring (bicyclic) bond motifs is 21. The minimum absolute atomic E-state index is 0.0904. The number of aromatic nitrogens is 2. The molecule has 2 aliphatic heterocycles. The van der Waals surface area contributed by atoms with Crippen molar-refractivity contribution in [2.45, 2.75) is 31.6 Å². The van der Waals surface area contributed by atoms with E-state index in [1.807, 2.05) is 0 Å². The molecule has 10 aromatic carbocycles. The molecule has 69 heavy (non-hydrogen) atoms. The molecular formula is C65H43BN2O. The summed E-state index contributed by atoms with van der Waals surface area (Å²) >= 11 is 0. The summed E-state index contributed by atoms with van der Waals surface area (Å²) in [4.78, 5) is 0. The highest BCUT2D eigenvalue weighted by molar-refractivity contribution is 6.99. The molecule has 4 aliphatic rings. The Balaban J connectivity index is 1.06. The fourth-order valence-electron chi connectivity index (χ4n) is 13.5. The molecule has 16 rings (SSSR count). The van der Waals surface area contributed by atoms with Crippen molar-refractivity contribution < 1.29 is 4.74 Å². The highest BCUT2D eigenvalue weighted by atomic mass is 16.5. The molecule has 0 fully saturated rings. The SMILES string of the molecule is CC(C)(C)c1cc2c3c(c1)-n1c4ccccc4c4c1c(cc1c5ccccc5n(-c5ccccc5-c5ccccc5)c14)B3c1cc3c(cc1O2)C1(c2ccccc2-c2ccccc21)c1ccccc1-3. The van der Waals surface area contributed by atoms with Gasteiger partial charge in [-0.05, 0) is 114 Å². The van der Waals surface area contributed by atoms with Crippen LogP contribution in [0.1, 0.15) is 48.6 Å². The van der Waals surface area contributed by atoms with Crippen molar-refractivity contribution in [2.24, 2.45) is 0 Å². The van der Waals surface area contributed by atoms with Crippen LogP contribution in [0.25, 0.3) is 88.4 Å². The topological polar surface area (TPSA) is 19.1 Å². The third kappa shape index (κ3) is 4.60. The molecule has 3 nitrogen and oxygen atoms in total. The summed E-state index contributed by atoms with van der Waals surface area (Å²) in [7, 11) is 0. The molecule has 0 atom stereocenters. The molecule has 0 radical (unpaired) electrons. The zero-order valence-corrected chi connectivity index (χ0v) is 38.5. The summed E-state index contributed by atoms with van der Waals surface area (Å²) in [5.74, 6) is 1.89. The van der Waals surface area contributed by atoms with Gasteiger partial charge in [-0.3, -0.25) is 0 Å². The molecule has 1 spiro atoms. The number of para-hydroxylation sites is 3. The molecule has 4 heteroatoms. The monoisotopic (exact) mass is 878 g/mol. The first-order valence-corrected chi connectivity index (χ1v) is 24.4. The standard InChI is InChI=1S/C65H43BN2O/c1-64(2,3)39-33-57-61-59(34-39)69-58-37-51-46(43-24-9-15-29-50(43)65(51)48-27-13-7-22-41(48)42-23-8-14-28-49(42)65)35-52(58)66(61)53-36-47-44-25-11-17-31-55(44)67(54-30-16-10-21-40(54)38-19-5-4-6-20-38)62(47)60-45-26-12-18-32-56(45)68(57)63(53)60/h4-37H,1-3H3. The number of ether oxygens (including phenoxy) is 1. The van der Waals surface area contributed by atoms with E-state index in [1.165, 1.54) is 133 Å². The predicted molar refractivity (Wildman–Crippen MR) is 287 cm³/mol. The molecule has 12 aromatic rings. The zero-order chi connectivity index (χ0) is 45.5. The number of nitrogens with zero attached hydrogens (tertiary/aromatic N) is 2. The largest absolute Gasteiger partial charge is 0.458 e. The van der Waals surface area contributed by atoms with Gasteiger partial charge in [-0.2, -0.15) is 0 Å². The Morgan fingerprint density at radius 3 is 1.68 bits per heavy atom. The molecule has 322 valence electrons. The first kappa shape index (κ1) is 37.7. The summed E-state index contributed by atoms with van der Waals surface area (Å²) in [6.07, 6.45) is 0. The van der Waals surface area contributed by atoms with Gasteiger partial charge in [0.25, 0.3) is 6.71 Å². The summed E-state index contributed by atoms with van der Waals surface area (Å²) in [5.41, 5.74) is 24.6. The maximum Gasteiger partial charge on any atom is 0.256 e. The molecule has 0 saturated heterocycles. The van der Waals surface area contributed by atoms with Crippen LogP contribution in [0.4, 0.5) is 0 Å². The maximum absolute atomic E-state index is 7.52. The van der Waals surface area contributed by atoms with Gasteiger partial charge in [-0.15, -0.1) is 0 Å². The summed E-state index contributed by atoms with van der Waals surface area (Å²) in [5, 5.41) is 5.03. The minimum Gasteiger partial charge on any atom is -0.458 e. The third-order valence-corrected chi connectivity index (χ3v) is 16.3. The Labute approximate surface area is 400 Å². The van der Waals surface area contributed by atoms with Crippen LogP contribution in [-0.2, 0) is 10.8 Å². The Morgan fingerprint density at radius 2 is 0.986 bits per heavy atom. The number of hydrogen-bond acceptors (Lipinski definition) is 1. The second kappa shape index (κ2) is 13.0. The molecule has 2 aliphatic carbocycles. The predicted octanol–water partition coefficient (Wildman–Crippen LogP) is 14.1. The van der Waals surface area contributed by atoms with Gasteiger partial charge in [0.2, 0.25) is 0 Å². The van der Waals surface area contributed by atoms with E-state index in [2.05, 4.69) is 236 Å². The number of benzene rings is 10. The van der Waals surface area contributed by atoms with Gasteiger partial charge in [0, 0.05) is 32.8 Å². The van der Waals surface area contributed by atoms with Crippen molar-refractivity contribution in [2.75, 3.05) is 0 Å². The van der Waals surface area contributed by atoms with Crippen molar-refractivity contribution in [3.8, 4) is 56.3 Å². The zero-order valence-electron chi connectivity index (χ0n) is 38.5. The van der Waals surface area contributed by atoms with Crippen LogP contribution in [0.2, 0.25) is 0 Å². The molecular weight excluding hydrogens is 836 g/mol. The lowest BCUT2D eigenvalue weighted by molar-refractivity contribution is 0.482. The maximum atomic E-state index is 7.52. The van der Waals surface area contributed by atoms with Gasteiger partial charge in [0.1, 0.15) is 11.5 Å². The lowest BCUT2D eigenvalue weighted by atomic mass is 9.34. The first-order chi connectivity index (χ1) is 33.9. The van der Waals surface area contributed by atoms with Crippen molar-refractivity contribution >= 4 is 66.7 Å². The molecule has 0 amide bonds. The summed E-state index contributed by atoms with van der Waals surface area (Å²) in [6.45, 7) is 6.88. The Bertz CT molecular complexity index is 4230. The van der Waals surface area contributed by atoms with Crippen LogP contribution in [0.15, 0.2) is 206 Å². The van der Waals surface area contributed by atoms with E-state index >= 15 is 0 Å². The highest BCUT2D eigenvalue weighted by Gasteiger charge is 2.53. The van der Waals surface area contributed by atoms with Crippen LogP contribution < -0.4 is 21.1 Å². The van der Waals surface area contributed by atoms with Gasteiger partial charge in [0.15, 0.2) is 0 Å². The van der Waals surface area contributed by atoms with Crippen molar-refractivity contribution in [3.05, 3.63) is 234 Å². The minimum atomic E-state index is -0.473. The second-order valence-electron chi connectivity index (χ2n) is 20.7. The average molecular weight is 879 g/mol. The third-order valence-electron chi connectivity index (χ3n) is 16.3. The van der Waals surface area contributed by atoms with Gasteiger partial charge in [0.05, 0.1) is 33.2 Å². The first-order valence-electron chi connectivity index (χ1n) is 24.4. The van der Waals surface area contributed by atoms with Gasteiger partial charge in [-0.1, -0.05) is 191 Å². The Kier molecular flexibility index (Phi) is 7.11. The van der Waals surface area contributed by atoms with Crippen LogP contribution in [0, 0.1) is 0 Å². The van der Waals surface area contributed by atoms with E-state index in [9.17, 15) is 0 Å². The summed E-state index contributed by atoms with van der Waals surface area (Å²) in [6, 6.07) is 77.6. The van der Waals surface area contributed by atoms with Crippen LogP contribution in [0.5, 0.6) is 11.5 Å². The lowest BCUT2D eigenvalue weighted by Gasteiger charge is -2.36. The summed E-state index contributed by atoms with van der Waals surface area (Å²) < 4.78 is 12.7. The van der Waals surface area contributed by atoms with Crippen molar-refractivity contribution in [1.82, 2.24) is 9.13 Å². The Morgan fingerprint density at radius 1 is 0.420 bits per heavy atom. The fraction of sp³-hybridized carbons (Fsp3) is 0.0769. The fourth-order valence-corrected chi connectivity index (χ4v) is 13.5. The lowest BCUT2D eigenvalue weighted by Crippen LogP contribution is -2.58. The van der Waals surface area contributed by atoms with E-state index < -0.39 is 5.41 Å². The smallest absolute Gasteiger partial charge is 0.256 e. The molecule has 0 N–H and O–H groups in total. The molecule has 0 unspecified atom stereocenters. The average Bonchev–Trinajstić information content (AvgIpc) is 4.09. The highest BCUT2D eigenvalue weighted by Crippen LogP contribution is 2.63. The van der Waals surface area contributed by atoms with E-state index in [0.717, 1.165) is 11.5 Å². The second-order valence-corrected chi connectivity index (χ2v) is 20.7. The van der Waals surface area contributed by atoms with Gasteiger partial charge in [-0.25, -0.2) is 0 Å². The Hall–Kier alpha value is -8.34. The normalized spacial score (nSPS) is 14.2. The molecule has 0 saturated carbocycles. The van der Waals surface area contributed by atoms with Crippen LogP contribution in [-0.4, -0.2) is 15.8 Å². The van der Waals surface area contributed by atoms with Crippen LogP contribution >= 0.6 is 0 Å². The van der Waals surface area contributed by atoms with E-state index in [0.29, 0.717) is 0 Å². The molecule has 0 bridgehead atoms. The number of rotatable bonds is 2. The quantitative estimate of drug-likeness (QED) is 0.158. The van der Waals surface area contributed by atoms with Gasteiger partial charge >= 0.3 is 0 Å². The van der Waals surface area contributed by atoms with E-state index in [4.69, 9.17) is 4.74 Å². The van der Waals surface area contributed by atoms with E-state index in [1.54, 1.807) is 0 Å². The van der Waals surface area contributed by atoms with E-state index in [-0.39, 0.29) is 12.1 Å². The van der Waals surface area contributed by atoms with Crippen LogP contribution in [0.3, 0.4) is 0 Å². The van der Waals surface area contributed by atoms with Gasteiger partial charge < -0.3 is 13.9 Å². The van der Waals surface area contributed by atoms with Crippen molar-refractivity contribution in [3.63, 3.8) is 0 Å². The van der Waals surface area contributed by atoms with Crippen molar-refractivity contribution in [1.29, 1.82) is 0 Å². The molecule has 2 aromatic heterocycles. The number of hydrogen-bond donors (Lipinski definition) is 0. The molecule has 4 heterocycles.